The van der Waals surface area contributed by atoms with Crippen molar-refractivity contribution in [1.29, 1.82) is 0 Å². The van der Waals surface area contributed by atoms with E-state index in [2.05, 4.69) is 11.6 Å². The molecule has 0 aliphatic rings. The van der Waals surface area contributed by atoms with E-state index in [1.165, 1.54) is 0 Å². The average molecular weight is 245 g/mol. The van der Waals surface area contributed by atoms with Crippen molar-refractivity contribution in [2.24, 2.45) is 0 Å². The Balaban J connectivity index is 2.48. The summed E-state index contributed by atoms with van der Waals surface area (Å²) in [6.45, 7) is 5.71. The van der Waals surface area contributed by atoms with Crippen LogP contribution in [0.5, 0.6) is 5.75 Å². The minimum absolute atomic E-state index is 0.180. The van der Waals surface area contributed by atoms with E-state index in [4.69, 9.17) is 4.74 Å². The molecule has 0 saturated carbocycles. The maximum Gasteiger partial charge on any atom is 0.354 e. The van der Waals surface area contributed by atoms with Gasteiger partial charge in [-0.15, -0.1) is 6.58 Å². The van der Waals surface area contributed by atoms with E-state index in [9.17, 15) is 9.90 Å². The number of hydrogen-bond acceptors (Lipinski definition) is 3. The van der Waals surface area contributed by atoms with Crippen LogP contribution in [-0.4, -0.2) is 22.7 Å². The van der Waals surface area contributed by atoms with Gasteiger partial charge in [-0.2, -0.15) is 0 Å². The normalized spacial score (nSPS) is 10.5. The van der Waals surface area contributed by atoms with Crippen LogP contribution in [0.3, 0.4) is 0 Å². The molecule has 0 atom stereocenters. The molecule has 94 valence electrons. The van der Waals surface area contributed by atoms with Gasteiger partial charge in [0.2, 0.25) is 0 Å². The first kappa shape index (κ1) is 12.2. The number of carbonyl (C=O) groups excluding carboxylic acids is 1. The number of esters is 1. The maximum absolute atomic E-state index is 11.6. The Hall–Kier alpha value is -2.23. The molecule has 1 aromatic carbocycles. The van der Waals surface area contributed by atoms with Crippen molar-refractivity contribution in [1.82, 2.24) is 4.98 Å². The quantitative estimate of drug-likeness (QED) is 0.643. The number of fused-ring (bicyclic) bond motifs is 1. The summed E-state index contributed by atoms with van der Waals surface area (Å²) in [6, 6.07) is 5.25. The number of ether oxygens (including phenoxy) is 1. The van der Waals surface area contributed by atoms with Crippen LogP contribution in [0.1, 0.15) is 23.0 Å². The van der Waals surface area contributed by atoms with Crippen molar-refractivity contribution in [2.75, 3.05) is 6.61 Å². The van der Waals surface area contributed by atoms with E-state index in [-0.39, 0.29) is 5.75 Å². The molecule has 0 aliphatic carbocycles. The molecule has 2 aromatic rings. The lowest BCUT2D eigenvalue weighted by molar-refractivity contribution is 0.0520. The Morgan fingerprint density at radius 2 is 2.33 bits per heavy atom. The van der Waals surface area contributed by atoms with Crippen molar-refractivity contribution >= 4 is 16.9 Å². The van der Waals surface area contributed by atoms with Gasteiger partial charge >= 0.3 is 5.97 Å². The molecule has 0 saturated heterocycles. The van der Waals surface area contributed by atoms with Gasteiger partial charge in [0.1, 0.15) is 11.4 Å². The second kappa shape index (κ2) is 4.96. The van der Waals surface area contributed by atoms with Crippen LogP contribution in [0.25, 0.3) is 10.9 Å². The summed E-state index contributed by atoms with van der Waals surface area (Å²) in [5, 5.41) is 10.7. The van der Waals surface area contributed by atoms with Crippen LogP contribution in [-0.2, 0) is 11.2 Å². The minimum atomic E-state index is -0.418. The van der Waals surface area contributed by atoms with Gasteiger partial charge in [0.25, 0.3) is 0 Å². The summed E-state index contributed by atoms with van der Waals surface area (Å²) in [7, 11) is 0. The van der Waals surface area contributed by atoms with Crippen molar-refractivity contribution in [3.05, 3.63) is 42.1 Å². The number of benzene rings is 1. The number of phenols is 1. The summed E-state index contributed by atoms with van der Waals surface area (Å²) >= 11 is 0. The molecule has 4 nitrogen and oxygen atoms in total. The molecule has 2 rings (SSSR count). The highest BCUT2D eigenvalue weighted by Gasteiger charge is 2.13. The fourth-order valence-corrected chi connectivity index (χ4v) is 1.87. The van der Waals surface area contributed by atoms with Gasteiger partial charge in [-0.05, 0) is 31.0 Å². The fraction of sp³-hybridized carbons (Fsp3) is 0.214. The molecule has 0 unspecified atom stereocenters. The molecule has 1 heterocycles. The summed E-state index contributed by atoms with van der Waals surface area (Å²) in [5.74, 6) is -0.238. The number of aromatic nitrogens is 1. The summed E-state index contributed by atoms with van der Waals surface area (Å²) in [4.78, 5) is 14.5. The monoisotopic (exact) mass is 245 g/mol. The molecule has 2 N–H and O–H groups in total. The largest absolute Gasteiger partial charge is 0.507 e. The standard InChI is InChI=1S/C14H15NO3/c1-3-5-9-6-7-11-10(13(9)16)8-12(15-11)14(17)18-4-2/h3,6-8,15-16H,1,4-5H2,2H3. The summed E-state index contributed by atoms with van der Waals surface area (Å²) < 4.78 is 4.91. The van der Waals surface area contributed by atoms with Gasteiger partial charge in [0.15, 0.2) is 0 Å². The molecule has 0 amide bonds. The van der Waals surface area contributed by atoms with E-state index < -0.39 is 5.97 Å². The topological polar surface area (TPSA) is 62.3 Å². The second-order valence-electron chi connectivity index (χ2n) is 3.93. The van der Waals surface area contributed by atoms with Gasteiger partial charge in [0.05, 0.1) is 6.61 Å². The number of aromatic hydroxyl groups is 1. The highest BCUT2D eigenvalue weighted by atomic mass is 16.5. The van der Waals surface area contributed by atoms with E-state index in [0.717, 1.165) is 5.56 Å². The van der Waals surface area contributed by atoms with Gasteiger partial charge in [-0.3, -0.25) is 0 Å². The number of hydrogen-bond donors (Lipinski definition) is 2. The smallest absolute Gasteiger partial charge is 0.354 e. The van der Waals surface area contributed by atoms with Gasteiger partial charge in [0, 0.05) is 10.9 Å². The second-order valence-corrected chi connectivity index (χ2v) is 3.93. The Morgan fingerprint density at radius 3 is 3.00 bits per heavy atom. The Bertz CT molecular complexity index is 598. The average Bonchev–Trinajstić information content (AvgIpc) is 2.78. The van der Waals surface area contributed by atoms with Gasteiger partial charge in [-0.1, -0.05) is 12.1 Å². The number of carbonyl (C=O) groups is 1. The zero-order chi connectivity index (χ0) is 13.1. The maximum atomic E-state index is 11.6. The van der Waals surface area contributed by atoms with Gasteiger partial charge in [-0.25, -0.2) is 4.79 Å². The van der Waals surface area contributed by atoms with Crippen molar-refractivity contribution < 1.29 is 14.6 Å². The molecule has 18 heavy (non-hydrogen) atoms. The van der Waals surface area contributed by atoms with Crippen molar-refractivity contribution in [3.63, 3.8) is 0 Å². The van der Waals surface area contributed by atoms with E-state index >= 15 is 0 Å². The van der Waals surface area contributed by atoms with Crippen molar-refractivity contribution in [2.45, 2.75) is 13.3 Å². The zero-order valence-electron chi connectivity index (χ0n) is 10.2. The first-order valence-corrected chi connectivity index (χ1v) is 5.79. The number of allylic oxidation sites excluding steroid dienone is 1. The van der Waals surface area contributed by atoms with E-state index in [0.29, 0.717) is 29.6 Å². The number of phenolic OH excluding ortho intramolecular Hbond substituents is 1. The fourth-order valence-electron chi connectivity index (χ4n) is 1.87. The number of rotatable bonds is 4. The molecule has 1 aromatic heterocycles. The lowest BCUT2D eigenvalue weighted by Crippen LogP contribution is -2.04. The molecule has 0 aliphatic heterocycles. The number of nitrogens with one attached hydrogen (secondary N) is 1. The van der Waals surface area contributed by atoms with Crippen LogP contribution in [0.4, 0.5) is 0 Å². The van der Waals surface area contributed by atoms with E-state index in [1.54, 1.807) is 19.1 Å². The Morgan fingerprint density at radius 1 is 1.56 bits per heavy atom. The molecular formula is C14H15NO3. The predicted molar refractivity (Wildman–Crippen MR) is 69.8 cm³/mol. The predicted octanol–water partition coefficient (Wildman–Crippen LogP) is 2.78. The first-order valence-electron chi connectivity index (χ1n) is 5.79. The lowest BCUT2D eigenvalue weighted by Gasteiger charge is -2.01. The van der Waals surface area contributed by atoms with Crippen LogP contribution in [0.15, 0.2) is 30.9 Å². The SMILES string of the molecule is C=CCc1ccc2[nH]c(C(=O)OCC)cc2c1O. The third-order valence-corrected chi connectivity index (χ3v) is 2.72. The molecule has 0 bridgehead atoms. The van der Waals surface area contributed by atoms with Crippen LogP contribution in [0.2, 0.25) is 0 Å². The third kappa shape index (κ3) is 2.09. The number of aromatic amines is 1. The van der Waals surface area contributed by atoms with Crippen LogP contribution in [0, 0.1) is 0 Å². The molecule has 4 heteroatoms. The Labute approximate surface area is 105 Å². The summed E-state index contributed by atoms with van der Waals surface area (Å²) in [6.07, 6.45) is 2.31. The Kier molecular flexibility index (Phi) is 3.37. The zero-order valence-corrected chi connectivity index (χ0v) is 10.2. The van der Waals surface area contributed by atoms with Crippen LogP contribution >= 0.6 is 0 Å². The molecule has 0 fully saturated rings. The highest BCUT2D eigenvalue weighted by molar-refractivity contribution is 5.97. The minimum Gasteiger partial charge on any atom is -0.507 e. The highest BCUT2D eigenvalue weighted by Crippen LogP contribution is 2.30. The lowest BCUT2D eigenvalue weighted by atomic mass is 10.1. The molecule has 0 radical (unpaired) electrons. The third-order valence-electron chi connectivity index (χ3n) is 2.72. The molecular weight excluding hydrogens is 230 g/mol. The molecule has 0 spiro atoms. The van der Waals surface area contributed by atoms with E-state index in [1.807, 2.05) is 12.1 Å². The van der Waals surface area contributed by atoms with Crippen LogP contribution < -0.4 is 0 Å². The number of H-pyrrole nitrogens is 1. The van der Waals surface area contributed by atoms with Gasteiger partial charge < -0.3 is 14.8 Å². The summed E-state index contributed by atoms with van der Waals surface area (Å²) in [5.41, 5.74) is 1.84. The van der Waals surface area contributed by atoms with Crippen molar-refractivity contribution in [3.8, 4) is 5.75 Å². The first-order chi connectivity index (χ1) is 8.67.